The average molecular weight is 202 g/mol. The van der Waals surface area contributed by atoms with E-state index in [-0.39, 0.29) is 0 Å². The Morgan fingerprint density at radius 1 is 1.33 bits per heavy atom. The molecule has 0 aliphatic rings. The Balaban J connectivity index is 3.07. The Morgan fingerprint density at radius 3 is 2.53 bits per heavy atom. The van der Waals surface area contributed by atoms with Gasteiger partial charge in [-0.25, -0.2) is 0 Å². The van der Waals surface area contributed by atoms with Crippen molar-refractivity contribution in [1.29, 1.82) is 0 Å². The van der Waals surface area contributed by atoms with Crippen LogP contribution in [0.5, 0.6) is 0 Å². The Bertz CT molecular complexity index is 345. The molecule has 0 heterocycles. The minimum Gasteiger partial charge on any atom is -0.0995 e. The highest BCUT2D eigenvalue weighted by atomic mass is 14.1. The fourth-order valence-corrected chi connectivity index (χ4v) is 1.88. The van der Waals surface area contributed by atoms with Gasteiger partial charge in [-0.1, -0.05) is 51.1 Å². The Hall–Kier alpha value is -1.04. The molecule has 0 N–H and O–H groups in total. The van der Waals surface area contributed by atoms with Crippen LogP contribution in [0.3, 0.4) is 0 Å². The van der Waals surface area contributed by atoms with Gasteiger partial charge in [0.1, 0.15) is 0 Å². The summed E-state index contributed by atoms with van der Waals surface area (Å²) in [6, 6.07) is 6.60. The van der Waals surface area contributed by atoms with Crippen LogP contribution in [0, 0.1) is 6.92 Å². The molecule has 0 unspecified atom stereocenters. The van der Waals surface area contributed by atoms with Crippen molar-refractivity contribution < 1.29 is 0 Å². The van der Waals surface area contributed by atoms with E-state index in [0.29, 0.717) is 5.92 Å². The maximum Gasteiger partial charge on any atom is -0.00645 e. The molecular weight excluding hydrogens is 180 g/mol. The van der Waals surface area contributed by atoms with E-state index in [9.17, 15) is 0 Å². The van der Waals surface area contributed by atoms with Gasteiger partial charge in [0.15, 0.2) is 0 Å². The summed E-state index contributed by atoms with van der Waals surface area (Å²) >= 11 is 0. The number of rotatable bonds is 4. The van der Waals surface area contributed by atoms with Gasteiger partial charge in [-0.05, 0) is 42.4 Å². The second kappa shape index (κ2) is 5.16. The van der Waals surface area contributed by atoms with Crippen molar-refractivity contribution in [3.63, 3.8) is 0 Å². The van der Waals surface area contributed by atoms with E-state index in [1.165, 1.54) is 22.3 Å². The second-order valence-corrected chi connectivity index (χ2v) is 4.58. The minimum absolute atomic E-state index is 0.601. The highest BCUT2D eigenvalue weighted by molar-refractivity contribution is 5.38. The third kappa shape index (κ3) is 2.95. The van der Waals surface area contributed by atoms with E-state index in [1.54, 1.807) is 0 Å². The van der Waals surface area contributed by atoms with Crippen molar-refractivity contribution in [2.45, 2.75) is 46.5 Å². The minimum atomic E-state index is 0.601. The van der Waals surface area contributed by atoms with E-state index < -0.39 is 0 Å². The number of benzene rings is 1. The van der Waals surface area contributed by atoms with Gasteiger partial charge >= 0.3 is 0 Å². The van der Waals surface area contributed by atoms with Crippen molar-refractivity contribution in [2.24, 2.45) is 0 Å². The lowest BCUT2D eigenvalue weighted by Gasteiger charge is -2.16. The number of hydrogen-bond donors (Lipinski definition) is 0. The van der Waals surface area contributed by atoms with Gasteiger partial charge in [0, 0.05) is 0 Å². The highest BCUT2D eigenvalue weighted by Gasteiger charge is 2.09. The van der Waals surface area contributed by atoms with Crippen LogP contribution in [0.1, 0.15) is 49.8 Å². The quantitative estimate of drug-likeness (QED) is 0.625. The summed E-state index contributed by atoms with van der Waals surface area (Å²) in [7, 11) is 0. The molecule has 0 radical (unpaired) electrons. The van der Waals surface area contributed by atoms with Gasteiger partial charge in [-0.15, -0.1) is 0 Å². The lowest BCUT2D eigenvalue weighted by atomic mass is 9.89. The number of hydrogen-bond acceptors (Lipinski definition) is 0. The van der Waals surface area contributed by atoms with Crippen LogP contribution in [0.4, 0.5) is 0 Å². The molecule has 0 saturated heterocycles. The lowest BCUT2D eigenvalue weighted by Crippen LogP contribution is -2.00. The van der Waals surface area contributed by atoms with Crippen molar-refractivity contribution in [3.8, 4) is 0 Å². The Morgan fingerprint density at radius 2 is 2.00 bits per heavy atom. The average Bonchev–Trinajstić information content (AvgIpc) is 2.20. The molecule has 0 spiro atoms. The summed E-state index contributed by atoms with van der Waals surface area (Å²) < 4.78 is 0. The van der Waals surface area contributed by atoms with Crippen molar-refractivity contribution >= 4 is 0 Å². The zero-order valence-electron chi connectivity index (χ0n) is 10.4. The lowest BCUT2D eigenvalue weighted by molar-refractivity contribution is 0.838. The van der Waals surface area contributed by atoms with Crippen LogP contribution in [0.25, 0.3) is 0 Å². The van der Waals surface area contributed by atoms with Gasteiger partial charge < -0.3 is 0 Å². The summed E-state index contributed by atoms with van der Waals surface area (Å²) in [5.41, 5.74) is 5.69. The summed E-state index contributed by atoms with van der Waals surface area (Å²) in [5, 5.41) is 0. The summed E-state index contributed by atoms with van der Waals surface area (Å²) in [6.45, 7) is 13.0. The van der Waals surface area contributed by atoms with Crippen LogP contribution in [-0.2, 0) is 6.42 Å². The maximum atomic E-state index is 4.11. The van der Waals surface area contributed by atoms with Crippen LogP contribution in [0.15, 0.2) is 30.4 Å². The topological polar surface area (TPSA) is 0 Å². The third-order valence-electron chi connectivity index (χ3n) is 3.00. The molecule has 0 heteroatoms. The molecule has 0 fully saturated rings. The molecule has 82 valence electrons. The van der Waals surface area contributed by atoms with Crippen LogP contribution >= 0.6 is 0 Å². The summed E-state index contributed by atoms with van der Waals surface area (Å²) in [6.07, 6.45) is 2.11. The first kappa shape index (κ1) is 12.0. The zero-order chi connectivity index (χ0) is 11.4. The molecule has 0 amide bonds. The smallest absolute Gasteiger partial charge is 0.00645 e. The molecular formula is C15H22. The first-order valence-corrected chi connectivity index (χ1v) is 5.81. The predicted octanol–water partition coefficient (Wildman–Crippen LogP) is 4.63. The SMILES string of the molecule is C=C(CC)Cc1c(C)cccc1C(C)C. The van der Waals surface area contributed by atoms with Crippen LogP contribution in [-0.4, -0.2) is 0 Å². The molecule has 1 aromatic rings. The largest absolute Gasteiger partial charge is 0.0995 e. The first-order valence-electron chi connectivity index (χ1n) is 5.81. The molecule has 0 atom stereocenters. The molecule has 0 nitrogen and oxygen atoms in total. The second-order valence-electron chi connectivity index (χ2n) is 4.58. The monoisotopic (exact) mass is 202 g/mol. The van der Waals surface area contributed by atoms with Crippen LogP contribution < -0.4 is 0 Å². The molecule has 1 rings (SSSR count). The normalized spacial score (nSPS) is 10.7. The molecule has 0 saturated carbocycles. The van der Waals surface area contributed by atoms with Crippen molar-refractivity contribution in [2.75, 3.05) is 0 Å². The zero-order valence-corrected chi connectivity index (χ0v) is 10.4. The number of allylic oxidation sites excluding steroid dienone is 1. The van der Waals surface area contributed by atoms with Gasteiger partial charge in [0.2, 0.25) is 0 Å². The van der Waals surface area contributed by atoms with E-state index in [2.05, 4.69) is 52.5 Å². The highest BCUT2D eigenvalue weighted by Crippen LogP contribution is 2.25. The number of aryl methyl sites for hydroxylation is 1. The van der Waals surface area contributed by atoms with E-state index in [4.69, 9.17) is 0 Å². The van der Waals surface area contributed by atoms with Crippen LogP contribution in [0.2, 0.25) is 0 Å². The van der Waals surface area contributed by atoms with Gasteiger partial charge in [-0.3, -0.25) is 0 Å². The van der Waals surface area contributed by atoms with Crippen molar-refractivity contribution in [1.82, 2.24) is 0 Å². The van der Waals surface area contributed by atoms with Gasteiger partial charge in [0.05, 0.1) is 0 Å². The van der Waals surface area contributed by atoms with Crippen molar-refractivity contribution in [3.05, 3.63) is 47.0 Å². The summed E-state index contributed by atoms with van der Waals surface area (Å²) in [5.74, 6) is 0.601. The standard InChI is InChI=1S/C15H22/c1-6-12(4)10-15-13(5)8-7-9-14(15)11(2)3/h7-9,11H,4,6,10H2,1-3,5H3. The molecule has 0 bridgehead atoms. The van der Waals surface area contributed by atoms with E-state index in [0.717, 1.165) is 12.8 Å². The molecule has 0 aliphatic heterocycles. The Labute approximate surface area is 94.0 Å². The molecule has 0 aromatic heterocycles. The Kier molecular flexibility index (Phi) is 4.14. The van der Waals surface area contributed by atoms with E-state index >= 15 is 0 Å². The molecule has 15 heavy (non-hydrogen) atoms. The van der Waals surface area contributed by atoms with Gasteiger partial charge in [0.25, 0.3) is 0 Å². The maximum absolute atomic E-state index is 4.11. The van der Waals surface area contributed by atoms with Gasteiger partial charge in [-0.2, -0.15) is 0 Å². The first-order chi connectivity index (χ1) is 7.06. The third-order valence-corrected chi connectivity index (χ3v) is 3.00. The molecule has 1 aromatic carbocycles. The molecule has 0 aliphatic carbocycles. The summed E-state index contributed by atoms with van der Waals surface area (Å²) in [4.78, 5) is 0. The fraction of sp³-hybridized carbons (Fsp3) is 0.467. The predicted molar refractivity (Wildman–Crippen MR) is 68.4 cm³/mol. The van der Waals surface area contributed by atoms with E-state index in [1.807, 2.05) is 0 Å². The fourth-order valence-electron chi connectivity index (χ4n) is 1.88.